The first-order valence-electron chi connectivity index (χ1n) is 2.21. The highest BCUT2D eigenvalue weighted by Crippen LogP contribution is 2.31. The molecule has 0 aliphatic carbocycles. The molecule has 0 atom stereocenters. The lowest BCUT2D eigenvalue weighted by atomic mass is 10.7. The first-order valence-corrected chi connectivity index (χ1v) is 3.76. The number of nitrogens with zero attached hydrogens (tertiary/aromatic N) is 2. The molecule has 0 fully saturated rings. The van der Waals surface area contributed by atoms with Crippen molar-refractivity contribution >= 4 is 49.6 Å². The number of hydrogen-bond acceptors (Lipinski definition) is 2. The summed E-state index contributed by atoms with van der Waals surface area (Å²) in [5.41, 5.74) is 0. The molecule has 0 aromatic heterocycles. The van der Waals surface area contributed by atoms with Gasteiger partial charge in [-0.3, -0.25) is 0 Å². The zero-order valence-electron chi connectivity index (χ0n) is 4.53. The molecule has 0 saturated carbocycles. The second-order valence-electron chi connectivity index (χ2n) is 1.60. The first-order chi connectivity index (χ1) is 4.02. The van der Waals surface area contributed by atoms with E-state index in [2.05, 4.69) is 25.9 Å². The summed E-state index contributed by atoms with van der Waals surface area (Å²) in [4.78, 5) is 7.66. The average Bonchev–Trinajstić information content (AvgIpc) is 1.79. The van der Waals surface area contributed by atoms with Gasteiger partial charge in [-0.15, -0.1) is 0 Å². The van der Waals surface area contributed by atoms with E-state index < -0.39 is 4.46 Å². The smallest absolute Gasteiger partial charge is 0.226 e. The van der Waals surface area contributed by atoms with Gasteiger partial charge in [0.2, 0.25) is 0 Å². The van der Waals surface area contributed by atoms with Gasteiger partial charge in [0.15, 0.2) is 0 Å². The molecule has 0 spiro atoms. The second-order valence-corrected chi connectivity index (χ2v) is 3.64. The van der Waals surface area contributed by atoms with Gasteiger partial charge in [-0.05, 0) is 22.9 Å². The number of hydrogen-bond donors (Lipinski definition) is 0. The van der Waals surface area contributed by atoms with Gasteiger partial charge in [0.1, 0.15) is 10.5 Å². The molecule has 9 heavy (non-hydrogen) atoms. The van der Waals surface area contributed by atoms with Gasteiger partial charge < -0.3 is 0 Å². The van der Waals surface area contributed by atoms with Crippen LogP contribution in [0.15, 0.2) is 9.98 Å². The Balaban J connectivity index is 2.96. The van der Waals surface area contributed by atoms with Crippen LogP contribution < -0.4 is 0 Å². The number of alkyl halides is 2. The number of amidine groups is 1. The van der Waals surface area contributed by atoms with Crippen molar-refractivity contribution in [3.05, 3.63) is 0 Å². The average molecular weight is 230 g/mol. The summed E-state index contributed by atoms with van der Waals surface area (Å²) in [6, 6.07) is 0. The van der Waals surface area contributed by atoms with Crippen LogP contribution in [0, 0.1) is 0 Å². The van der Waals surface area contributed by atoms with Gasteiger partial charge in [0, 0.05) is 0 Å². The lowest BCUT2D eigenvalue weighted by molar-refractivity contribution is 1.15. The third-order valence-corrected chi connectivity index (χ3v) is 2.55. The Morgan fingerprint density at radius 3 is 2.22 bits per heavy atom. The van der Waals surface area contributed by atoms with Crippen LogP contribution in [0.25, 0.3) is 0 Å². The molecule has 0 bridgehead atoms. The monoisotopic (exact) mass is 228 g/mol. The van der Waals surface area contributed by atoms with E-state index in [-0.39, 0.29) is 0 Å². The standard InChI is InChI=1S/C4H3BrCl2N2/c1-2-8-3(5)4(6,7)9-2/h1H3. The van der Waals surface area contributed by atoms with Crippen LogP contribution in [-0.4, -0.2) is 14.9 Å². The lowest BCUT2D eigenvalue weighted by Crippen LogP contribution is -2.13. The van der Waals surface area contributed by atoms with Crippen molar-refractivity contribution in [3.63, 3.8) is 0 Å². The molecule has 0 radical (unpaired) electrons. The van der Waals surface area contributed by atoms with E-state index in [0.29, 0.717) is 10.5 Å². The lowest BCUT2D eigenvalue weighted by Gasteiger charge is -2.04. The van der Waals surface area contributed by atoms with Crippen LogP contribution in [0.2, 0.25) is 0 Å². The third kappa shape index (κ3) is 1.45. The topological polar surface area (TPSA) is 24.7 Å². The van der Waals surface area contributed by atoms with Crippen molar-refractivity contribution in [1.82, 2.24) is 0 Å². The molecule has 2 nitrogen and oxygen atoms in total. The molecule has 1 rings (SSSR count). The molecule has 0 amide bonds. The minimum Gasteiger partial charge on any atom is -0.226 e. The zero-order valence-corrected chi connectivity index (χ0v) is 7.63. The Hall–Kier alpha value is 0.400. The summed E-state index contributed by atoms with van der Waals surface area (Å²) in [6.45, 7) is 1.73. The predicted octanol–water partition coefficient (Wildman–Crippen LogP) is 2.34. The van der Waals surface area contributed by atoms with Gasteiger partial charge in [-0.25, -0.2) is 9.98 Å². The summed E-state index contributed by atoms with van der Waals surface area (Å²) < 4.78 is -0.722. The number of rotatable bonds is 0. The molecule has 0 aromatic rings. The molecule has 5 heteroatoms. The van der Waals surface area contributed by atoms with Crippen LogP contribution in [0.1, 0.15) is 6.92 Å². The zero-order chi connectivity index (χ0) is 7.07. The predicted molar refractivity (Wildman–Crippen MR) is 43.9 cm³/mol. The molecule has 1 heterocycles. The van der Waals surface area contributed by atoms with Crippen molar-refractivity contribution in [1.29, 1.82) is 0 Å². The third-order valence-electron chi connectivity index (χ3n) is 0.810. The fourth-order valence-electron chi connectivity index (χ4n) is 0.484. The molecular formula is C4H3BrCl2N2. The van der Waals surface area contributed by atoms with E-state index >= 15 is 0 Å². The largest absolute Gasteiger partial charge is 0.259 e. The maximum Gasteiger partial charge on any atom is 0.259 e. The van der Waals surface area contributed by atoms with Gasteiger partial charge in [0.25, 0.3) is 4.46 Å². The van der Waals surface area contributed by atoms with E-state index in [0.717, 1.165) is 0 Å². The quantitative estimate of drug-likeness (QED) is 0.450. The molecule has 1 aliphatic heterocycles. The molecule has 0 N–H and O–H groups in total. The molecule has 0 aromatic carbocycles. The van der Waals surface area contributed by atoms with Crippen molar-refractivity contribution < 1.29 is 0 Å². The Bertz CT molecular complexity index is 197. The SMILES string of the molecule is CC1=NC(Cl)(Cl)C(Br)=N1. The van der Waals surface area contributed by atoms with Crippen LogP contribution in [0.5, 0.6) is 0 Å². The van der Waals surface area contributed by atoms with Crippen molar-refractivity contribution in [2.75, 3.05) is 0 Å². The minimum absolute atomic E-state index is 0.454. The summed E-state index contributed by atoms with van der Waals surface area (Å²) in [5, 5.41) is 0. The van der Waals surface area contributed by atoms with E-state index in [1.165, 1.54) is 0 Å². The van der Waals surface area contributed by atoms with Crippen molar-refractivity contribution in [2.45, 2.75) is 11.4 Å². The van der Waals surface area contributed by atoms with Gasteiger partial charge >= 0.3 is 0 Å². The number of aliphatic imine (C=N–C) groups is 2. The summed E-state index contributed by atoms with van der Waals surface area (Å²) >= 11 is 14.3. The number of halogens is 3. The first kappa shape index (κ1) is 7.51. The Morgan fingerprint density at radius 2 is 2.11 bits per heavy atom. The van der Waals surface area contributed by atoms with Gasteiger partial charge in [-0.1, -0.05) is 23.2 Å². The second kappa shape index (κ2) is 2.22. The fourth-order valence-corrected chi connectivity index (χ4v) is 1.16. The molecule has 50 valence electrons. The summed E-state index contributed by atoms with van der Waals surface area (Å²) in [5.74, 6) is 0.590. The van der Waals surface area contributed by atoms with Crippen LogP contribution in [0.3, 0.4) is 0 Å². The van der Waals surface area contributed by atoms with Crippen molar-refractivity contribution in [2.24, 2.45) is 9.98 Å². The molecule has 0 unspecified atom stereocenters. The van der Waals surface area contributed by atoms with Crippen LogP contribution >= 0.6 is 39.1 Å². The Morgan fingerprint density at radius 1 is 1.56 bits per heavy atom. The van der Waals surface area contributed by atoms with E-state index in [1.807, 2.05) is 0 Å². The summed E-state index contributed by atoms with van der Waals surface area (Å²) in [6.07, 6.45) is 0. The highest BCUT2D eigenvalue weighted by atomic mass is 79.9. The Kier molecular flexibility index (Phi) is 1.85. The molecule has 1 aliphatic rings. The maximum absolute atomic E-state index is 5.61. The fraction of sp³-hybridized carbons (Fsp3) is 0.500. The molecular weight excluding hydrogens is 227 g/mol. The van der Waals surface area contributed by atoms with E-state index in [4.69, 9.17) is 23.2 Å². The highest BCUT2D eigenvalue weighted by molar-refractivity contribution is 9.18. The minimum atomic E-state index is -1.18. The molecule has 0 saturated heterocycles. The van der Waals surface area contributed by atoms with Gasteiger partial charge in [0.05, 0.1) is 0 Å². The highest BCUT2D eigenvalue weighted by Gasteiger charge is 2.32. The Labute approximate surface area is 71.1 Å². The van der Waals surface area contributed by atoms with E-state index in [9.17, 15) is 0 Å². The van der Waals surface area contributed by atoms with E-state index in [1.54, 1.807) is 6.92 Å². The van der Waals surface area contributed by atoms with Crippen LogP contribution in [-0.2, 0) is 0 Å². The normalized spacial score (nSPS) is 23.6. The summed E-state index contributed by atoms with van der Waals surface area (Å²) in [7, 11) is 0. The maximum atomic E-state index is 5.61. The van der Waals surface area contributed by atoms with Crippen LogP contribution in [0.4, 0.5) is 0 Å². The van der Waals surface area contributed by atoms with Gasteiger partial charge in [-0.2, -0.15) is 0 Å². The van der Waals surface area contributed by atoms with Crippen molar-refractivity contribution in [3.8, 4) is 0 Å².